The van der Waals surface area contributed by atoms with E-state index in [0.717, 1.165) is 6.54 Å². The molecule has 0 aliphatic heterocycles. The molecule has 0 spiro atoms. The minimum atomic E-state index is -2.43. The fraction of sp³-hybridized carbons (Fsp3) is 0.185. The Bertz CT molecular complexity index is 1030. The zero-order valence-electron chi connectivity index (χ0n) is 17.0. The van der Waals surface area contributed by atoms with Gasteiger partial charge in [-0.05, 0) is 0 Å². The number of fused-ring (bicyclic) bond motifs is 2. The van der Waals surface area contributed by atoms with Crippen LogP contribution in [0.25, 0.3) is 12.2 Å². The summed E-state index contributed by atoms with van der Waals surface area (Å²) in [5.41, 5.74) is 7.20. The van der Waals surface area contributed by atoms with Crippen molar-refractivity contribution < 1.29 is 21.4 Å². The Labute approximate surface area is 181 Å². The van der Waals surface area contributed by atoms with E-state index in [1.54, 1.807) is 3.32 Å². The van der Waals surface area contributed by atoms with Crippen molar-refractivity contribution in [1.82, 2.24) is 4.90 Å². The molecule has 2 atom stereocenters. The number of hydrogen-bond acceptors (Lipinski definition) is 1. The number of hydrogen-bond donors (Lipinski definition) is 0. The van der Waals surface area contributed by atoms with Crippen molar-refractivity contribution in [3.05, 3.63) is 113 Å². The SMILES string of the molecule is CN(C)Cc1[c]cc[c]([Hf]([CH]2C=Cc3ccccc32)[CH]2C=Cc3ccccc32)c1. The van der Waals surface area contributed by atoms with Crippen LogP contribution >= 0.6 is 0 Å². The molecule has 142 valence electrons. The van der Waals surface area contributed by atoms with Crippen LogP contribution < -0.4 is 3.32 Å². The second-order valence-corrected chi connectivity index (χ2v) is 18.0. The van der Waals surface area contributed by atoms with Gasteiger partial charge in [0.15, 0.2) is 0 Å². The van der Waals surface area contributed by atoms with Crippen LogP contribution in [0.15, 0.2) is 78.9 Å². The molecule has 0 heterocycles. The van der Waals surface area contributed by atoms with Crippen molar-refractivity contribution in [3.8, 4) is 0 Å². The fourth-order valence-electron chi connectivity index (χ4n) is 4.72. The van der Waals surface area contributed by atoms with E-state index in [0.29, 0.717) is 7.35 Å². The zero-order valence-corrected chi connectivity index (χ0v) is 20.6. The molecule has 0 saturated heterocycles. The van der Waals surface area contributed by atoms with E-state index in [1.807, 2.05) is 0 Å². The predicted molar refractivity (Wildman–Crippen MR) is 119 cm³/mol. The third-order valence-electron chi connectivity index (χ3n) is 5.95. The van der Waals surface area contributed by atoms with Crippen molar-refractivity contribution in [2.45, 2.75) is 13.9 Å². The van der Waals surface area contributed by atoms with Gasteiger partial charge in [0.2, 0.25) is 0 Å². The Morgan fingerprint density at radius 2 is 1.41 bits per heavy atom. The molecule has 3 aromatic carbocycles. The summed E-state index contributed by atoms with van der Waals surface area (Å²) in [6.45, 7) is 0.946. The minimum absolute atomic E-state index is 0.589. The van der Waals surface area contributed by atoms with Gasteiger partial charge in [0.05, 0.1) is 0 Å². The molecule has 0 aromatic heterocycles. The second-order valence-electron chi connectivity index (χ2n) is 8.23. The summed E-state index contributed by atoms with van der Waals surface area (Å²) in [6, 6.07) is 28.4. The zero-order chi connectivity index (χ0) is 19.8. The Morgan fingerprint density at radius 3 is 2.00 bits per heavy atom. The Balaban J connectivity index is 1.62. The molecule has 2 heteroatoms. The number of benzene rings is 3. The summed E-state index contributed by atoms with van der Waals surface area (Å²) >= 11 is -2.43. The molecule has 1 radical (unpaired) electrons. The molecule has 0 fully saturated rings. The molecule has 0 N–H and O–H groups in total. The van der Waals surface area contributed by atoms with Crippen LogP contribution in [0.2, 0.25) is 0 Å². The summed E-state index contributed by atoms with van der Waals surface area (Å²) in [5, 5.41) is 0. The first kappa shape index (κ1) is 19.0. The van der Waals surface area contributed by atoms with Gasteiger partial charge in [0.1, 0.15) is 0 Å². The van der Waals surface area contributed by atoms with E-state index in [-0.39, 0.29) is 0 Å². The summed E-state index contributed by atoms with van der Waals surface area (Å²) in [5.74, 6) is 0. The van der Waals surface area contributed by atoms with Crippen LogP contribution in [0, 0.1) is 6.07 Å². The molecule has 1 nitrogen and oxygen atoms in total. The van der Waals surface area contributed by atoms with Crippen LogP contribution in [0.5, 0.6) is 0 Å². The maximum absolute atomic E-state index is 3.47. The van der Waals surface area contributed by atoms with Crippen LogP contribution in [0.3, 0.4) is 0 Å². The number of nitrogens with zero attached hydrogens (tertiary/aromatic N) is 1. The third-order valence-corrected chi connectivity index (χ3v) is 17.9. The predicted octanol–water partition coefficient (Wildman–Crippen LogP) is 5.33. The van der Waals surface area contributed by atoms with Gasteiger partial charge in [0, 0.05) is 0 Å². The van der Waals surface area contributed by atoms with Crippen LogP contribution in [0.1, 0.15) is 35.2 Å². The van der Waals surface area contributed by atoms with E-state index in [9.17, 15) is 0 Å². The normalized spacial score (nSPS) is 18.9. The van der Waals surface area contributed by atoms with Gasteiger partial charge in [-0.15, -0.1) is 0 Å². The van der Waals surface area contributed by atoms with Gasteiger partial charge in [0.25, 0.3) is 0 Å². The fourth-order valence-corrected chi connectivity index (χ4v) is 17.4. The monoisotopic (exact) mass is 543 g/mol. The van der Waals surface area contributed by atoms with E-state index >= 15 is 0 Å². The average Bonchev–Trinajstić information content (AvgIpc) is 3.34. The first-order chi connectivity index (χ1) is 14.2. The molecule has 2 aliphatic carbocycles. The van der Waals surface area contributed by atoms with Gasteiger partial charge in [-0.25, -0.2) is 0 Å². The Hall–Kier alpha value is -2.03. The van der Waals surface area contributed by atoms with Crippen molar-refractivity contribution in [3.63, 3.8) is 0 Å². The van der Waals surface area contributed by atoms with Crippen molar-refractivity contribution in [1.29, 1.82) is 0 Å². The topological polar surface area (TPSA) is 3.24 Å². The van der Waals surface area contributed by atoms with Crippen molar-refractivity contribution in [2.75, 3.05) is 14.1 Å². The molecular formula is C27H25HfN. The standard InChI is InChI=1S/C9H11N.2C9H7.Hf/c1-10(2)8-9-6-4-3-5-7-9;2*1-2-5-9-7-3-6-8(9)4-1;/h3-4,7H,8H2,1-2H3;2*1-7H;. The molecule has 0 amide bonds. The van der Waals surface area contributed by atoms with Gasteiger partial charge in [-0.2, -0.15) is 0 Å². The van der Waals surface area contributed by atoms with E-state index in [4.69, 9.17) is 0 Å². The number of rotatable bonds is 5. The van der Waals surface area contributed by atoms with E-state index in [1.165, 1.54) is 27.8 Å². The molecule has 3 aromatic rings. The molecule has 0 saturated carbocycles. The second kappa shape index (κ2) is 8.01. The molecule has 2 unspecified atom stereocenters. The summed E-state index contributed by atoms with van der Waals surface area (Å²) in [7, 11) is 4.26. The van der Waals surface area contributed by atoms with Gasteiger partial charge >= 0.3 is 183 Å². The van der Waals surface area contributed by atoms with Gasteiger partial charge < -0.3 is 0 Å². The van der Waals surface area contributed by atoms with Crippen LogP contribution in [-0.2, 0) is 28.0 Å². The molecule has 0 bridgehead atoms. The molecule has 5 rings (SSSR count). The van der Waals surface area contributed by atoms with E-state index in [2.05, 4.69) is 116 Å². The van der Waals surface area contributed by atoms with Crippen LogP contribution in [0.4, 0.5) is 0 Å². The van der Waals surface area contributed by atoms with Crippen molar-refractivity contribution >= 4 is 15.5 Å². The summed E-state index contributed by atoms with van der Waals surface area (Å²) in [4.78, 5) is 2.23. The number of allylic oxidation sites excluding steroid dienone is 2. The average molecular weight is 542 g/mol. The van der Waals surface area contributed by atoms with Gasteiger partial charge in [-0.3, -0.25) is 0 Å². The Kier molecular flexibility index (Phi) is 5.24. The molecule has 29 heavy (non-hydrogen) atoms. The van der Waals surface area contributed by atoms with E-state index < -0.39 is 21.4 Å². The summed E-state index contributed by atoms with van der Waals surface area (Å²) < 4.78 is 2.79. The first-order valence-electron chi connectivity index (χ1n) is 10.3. The van der Waals surface area contributed by atoms with Gasteiger partial charge in [-0.1, -0.05) is 0 Å². The quantitative estimate of drug-likeness (QED) is 0.395. The third kappa shape index (κ3) is 3.65. The molecular weight excluding hydrogens is 517 g/mol. The van der Waals surface area contributed by atoms with Crippen LogP contribution in [-0.4, -0.2) is 19.0 Å². The first-order valence-corrected chi connectivity index (χ1v) is 16.2. The van der Waals surface area contributed by atoms with Crippen molar-refractivity contribution in [2.24, 2.45) is 0 Å². The summed E-state index contributed by atoms with van der Waals surface area (Å²) in [6.07, 6.45) is 9.71. The maximum atomic E-state index is 3.47. The molecule has 2 aliphatic rings. The Morgan fingerprint density at radius 1 is 0.828 bits per heavy atom.